The van der Waals surface area contributed by atoms with Gasteiger partial charge in [0.15, 0.2) is 5.82 Å². The molecular formula is C13H10ClFN2OS. The van der Waals surface area contributed by atoms with Crippen LogP contribution in [0.15, 0.2) is 28.8 Å². The molecule has 19 heavy (non-hydrogen) atoms. The topological polar surface area (TPSA) is 38.9 Å². The van der Waals surface area contributed by atoms with E-state index in [2.05, 4.69) is 10.1 Å². The smallest absolute Gasteiger partial charge is 0.268 e. The van der Waals surface area contributed by atoms with Crippen molar-refractivity contribution in [1.82, 2.24) is 10.1 Å². The second-order valence-corrected chi connectivity index (χ2v) is 5.74. The Morgan fingerprint density at radius 1 is 1.42 bits per heavy atom. The zero-order valence-electron chi connectivity index (χ0n) is 10.1. The number of aromatic nitrogens is 2. The lowest BCUT2D eigenvalue weighted by Gasteiger charge is -1.95. The first-order valence-electron chi connectivity index (χ1n) is 5.84. The Hall–Kier alpha value is -1.46. The summed E-state index contributed by atoms with van der Waals surface area (Å²) in [4.78, 5) is 5.09. The van der Waals surface area contributed by atoms with Crippen LogP contribution in [0.4, 0.5) is 4.39 Å². The molecule has 0 saturated heterocycles. The van der Waals surface area contributed by atoms with E-state index in [-0.39, 0.29) is 11.2 Å². The van der Waals surface area contributed by atoms with Crippen molar-refractivity contribution in [3.63, 3.8) is 0 Å². The third-order valence-electron chi connectivity index (χ3n) is 2.77. The first kappa shape index (κ1) is 12.6. The number of nitrogens with zero attached hydrogens (tertiary/aromatic N) is 2. The van der Waals surface area contributed by atoms with Crippen LogP contribution >= 0.6 is 22.9 Å². The molecule has 98 valence electrons. The fourth-order valence-corrected chi connectivity index (χ4v) is 2.85. The molecule has 2 aromatic heterocycles. The molecule has 0 bridgehead atoms. The number of hydrogen-bond acceptors (Lipinski definition) is 4. The highest BCUT2D eigenvalue weighted by Gasteiger charge is 2.16. The van der Waals surface area contributed by atoms with Gasteiger partial charge in [-0.3, -0.25) is 0 Å². The summed E-state index contributed by atoms with van der Waals surface area (Å²) in [6.45, 7) is 1.95. The van der Waals surface area contributed by atoms with Gasteiger partial charge >= 0.3 is 0 Å². The number of fused-ring (bicyclic) bond motifs is 1. The van der Waals surface area contributed by atoms with Gasteiger partial charge in [0.25, 0.3) is 5.89 Å². The van der Waals surface area contributed by atoms with Crippen LogP contribution in [0.1, 0.15) is 24.5 Å². The summed E-state index contributed by atoms with van der Waals surface area (Å²) < 4.78 is 19.2. The molecule has 1 atom stereocenters. The van der Waals surface area contributed by atoms with Gasteiger partial charge in [-0.1, -0.05) is 18.1 Å². The molecule has 0 aliphatic carbocycles. The van der Waals surface area contributed by atoms with E-state index in [0.717, 1.165) is 21.4 Å². The zero-order valence-corrected chi connectivity index (χ0v) is 11.6. The SMILES string of the molecule is CCC(Cl)c1noc(-c2cc3ccc(F)cc3s2)n1. The summed E-state index contributed by atoms with van der Waals surface area (Å²) >= 11 is 7.48. The number of thiophene rings is 1. The Balaban J connectivity index is 2.01. The van der Waals surface area contributed by atoms with Crippen LogP contribution in [0, 0.1) is 5.82 Å². The molecule has 0 fully saturated rings. The molecule has 1 aromatic carbocycles. The predicted molar refractivity (Wildman–Crippen MR) is 74.0 cm³/mol. The van der Waals surface area contributed by atoms with E-state index in [1.165, 1.54) is 23.5 Å². The highest BCUT2D eigenvalue weighted by atomic mass is 35.5. The Bertz CT molecular complexity index is 724. The van der Waals surface area contributed by atoms with Crippen LogP contribution in [0.25, 0.3) is 20.9 Å². The lowest BCUT2D eigenvalue weighted by atomic mass is 10.2. The molecule has 0 aliphatic heterocycles. The monoisotopic (exact) mass is 296 g/mol. The Kier molecular flexibility index (Phi) is 3.24. The van der Waals surface area contributed by atoms with Crippen molar-refractivity contribution in [1.29, 1.82) is 0 Å². The average molecular weight is 297 g/mol. The number of hydrogen-bond donors (Lipinski definition) is 0. The first-order chi connectivity index (χ1) is 9.17. The van der Waals surface area contributed by atoms with Crippen LogP contribution in [0.5, 0.6) is 0 Å². The maximum atomic E-state index is 13.1. The van der Waals surface area contributed by atoms with Crippen molar-refractivity contribution in [2.75, 3.05) is 0 Å². The first-order valence-corrected chi connectivity index (χ1v) is 7.10. The standard InChI is InChI=1S/C13H10ClFN2OS/c1-2-9(14)12-16-13(18-17-12)11-5-7-3-4-8(15)6-10(7)19-11/h3-6,9H,2H2,1H3. The van der Waals surface area contributed by atoms with Gasteiger partial charge in [0.1, 0.15) is 5.82 Å². The van der Waals surface area contributed by atoms with E-state index in [4.69, 9.17) is 16.1 Å². The van der Waals surface area contributed by atoms with Gasteiger partial charge in [-0.2, -0.15) is 4.98 Å². The molecule has 3 aromatic rings. The van der Waals surface area contributed by atoms with E-state index in [1.54, 1.807) is 6.07 Å². The second-order valence-electron chi connectivity index (χ2n) is 4.13. The van der Waals surface area contributed by atoms with Crippen molar-refractivity contribution in [2.45, 2.75) is 18.7 Å². The molecule has 0 spiro atoms. The Labute approximate surface area is 118 Å². The molecule has 0 aliphatic rings. The van der Waals surface area contributed by atoms with Crippen LogP contribution in [-0.2, 0) is 0 Å². The van der Waals surface area contributed by atoms with E-state index >= 15 is 0 Å². The number of alkyl halides is 1. The number of benzene rings is 1. The number of rotatable bonds is 3. The van der Waals surface area contributed by atoms with E-state index < -0.39 is 0 Å². The van der Waals surface area contributed by atoms with E-state index in [1.807, 2.05) is 13.0 Å². The van der Waals surface area contributed by atoms with Crippen LogP contribution in [0.3, 0.4) is 0 Å². The minimum Gasteiger partial charge on any atom is -0.333 e. The highest BCUT2D eigenvalue weighted by Crippen LogP contribution is 2.34. The number of halogens is 2. The molecule has 6 heteroatoms. The molecule has 0 saturated carbocycles. The molecule has 3 nitrogen and oxygen atoms in total. The molecular weight excluding hydrogens is 287 g/mol. The largest absolute Gasteiger partial charge is 0.333 e. The van der Waals surface area contributed by atoms with Gasteiger partial charge in [-0.25, -0.2) is 4.39 Å². The van der Waals surface area contributed by atoms with Gasteiger partial charge in [-0.05, 0) is 30.0 Å². The van der Waals surface area contributed by atoms with Crippen molar-refractivity contribution in [3.05, 3.63) is 35.9 Å². The van der Waals surface area contributed by atoms with Crippen molar-refractivity contribution >= 4 is 33.0 Å². The molecule has 3 rings (SSSR count). The molecule has 0 radical (unpaired) electrons. The maximum Gasteiger partial charge on any atom is 0.268 e. The fourth-order valence-electron chi connectivity index (χ4n) is 1.76. The highest BCUT2D eigenvalue weighted by molar-refractivity contribution is 7.22. The molecule has 2 heterocycles. The third-order valence-corrected chi connectivity index (χ3v) is 4.36. The van der Waals surface area contributed by atoms with Gasteiger partial charge in [0.2, 0.25) is 0 Å². The summed E-state index contributed by atoms with van der Waals surface area (Å²) in [6.07, 6.45) is 0.734. The summed E-state index contributed by atoms with van der Waals surface area (Å²) in [6, 6.07) is 6.57. The predicted octanol–water partition coefficient (Wildman–Crippen LogP) is 4.78. The molecule has 1 unspecified atom stereocenters. The van der Waals surface area contributed by atoms with Gasteiger partial charge in [0, 0.05) is 4.70 Å². The van der Waals surface area contributed by atoms with Crippen molar-refractivity contribution in [3.8, 4) is 10.8 Å². The molecule has 0 N–H and O–H groups in total. The van der Waals surface area contributed by atoms with E-state index in [0.29, 0.717) is 11.7 Å². The lowest BCUT2D eigenvalue weighted by Crippen LogP contribution is -1.90. The quantitative estimate of drug-likeness (QED) is 0.653. The summed E-state index contributed by atoms with van der Waals surface area (Å²) in [5, 5.41) is 4.58. The van der Waals surface area contributed by atoms with Crippen molar-refractivity contribution in [2.24, 2.45) is 0 Å². The average Bonchev–Trinajstić information content (AvgIpc) is 3.03. The zero-order chi connectivity index (χ0) is 13.4. The van der Waals surface area contributed by atoms with Gasteiger partial charge in [0.05, 0.1) is 10.3 Å². The van der Waals surface area contributed by atoms with Gasteiger partial charge < -0.3 is 4.52 Å². The van der Waals surface area contributed by atoms with Gasteiger partial charge in [-0.15, -0.1) is 22.9 Å². The minimum atomic E-state index is -0.251. The lowest BCUT2D eigenvalue weighted by molar-refractivity contribution is 0.422. The summed E-state index contributed by atoms with van der Waals surface area (Å²) in [5.74, 6) is 0.664. The van der Waals surface area contributed by atoms with E-state index in [9.17, 15) is 4.39 Å². The van der Waals surface area contributed by atoms with Crippen molar-refractivity contribution < 1.29 is 8.91 Å². The van der Waals surface area contributed by atoms with Crippen LogP contribution in [-0.4, -0.2) is 10.1 Å². The summed E-state index contributed by atoms with van der Waals surface area (Å²) in [5.41, 5.74) is 0. The maximum absolute atomic E-state index is 13.1. The Morgan fingerprint density at radius 2 is 2.26 bits per heavy atom. The third kappa shape index (κ3) is 2.35. The van der Waals surface area contributed by atoms with Crippen LogP contribution < -0.4 is 0 Å². The minimum absolute atomic E-state index is 0.246. The summed E-state index contributed by atoms with van der Waals surface area (Å²) in [7, 11) is 0. The Morgan fingerprint density at radius 3 is 3.05 bits per heavy atom. The normalized spacial score (nSPS) is 13.0. The second kappa shape index (κ2) is 4.90. The van der Waals surface area contributed by atoms with Crippen LogP contribution in [0.2, 0.25) is 0 Å². The fraction of sp³-hybridized carbons (Fsp3) is 0.231. The molecule has 0 amide bonds.